The summed E-state index contributed by atoms with van der Waals surface area (Å²) < 4.78 is 5.67. The minimum atomic E-state index is -0.809. The fraction of sp³-hybridized carbons (Fsp3) is 0.417. The molecule has 3 N–H and O–H groups in total. The first-order valence-corrected chi connectivity index (χ1v) is 5.39. The number of halogens is 1. The zero-order valence-corrected chi connectivity index (χ0v) is 10.2. The van der Waals surface area contributed by atoms with Crippen LogP contribution in [0, 0.1) is 0 Å². The first kappa shape index (κ1) is 13.8. The second-order valence-corrected chi connectivity index (χ2v) is 4.03. The van der Waals surface area contributed by atoms with Gasteiger partial charge in [0.05, 0.1) is 6.42 Å². The molecular weight excluding hydrogens is 242 g/mol. The number of ether oxygens (including phenoxy) is 1. The van der Waals surface area contributed by atoms with Crippen LogP contribution in [0.3, 0.4) is 0 Å². The summed E-state index contributed by atoms with van der Waals surface area (Å²) in [7, 11) is 0. The van der Waals surface area contributed by atoms with Gasteiger partial charge in [-0.2, -0.15) is 0 Å². The van der Waals surface area contributed by atoms with Gasteiger partial charge in [-0.3, -0.25) is 4.79 Å². The van der Waals surface area contributed by atoms with Crippen molar-refractivity contribution in [3.63, 3.8) is 0 Å². The van der Waals surface area contributed by atoms with Crippen molar-refractivity contribution in [2.75, 3.05) is 6.54 Å². The number of nitrogens with two attached hydrogens (primary N) is 1. The van der Waals surface area contributed by atoms with E-state index in [2.05, 4.69) is 0 Å². The number of carbonyl (C=O) groups is 1. The number of hydrogen-bond acceptors (Lipinski definition) is 3. The van der Waals surface area contributed by atoms with Gasteiger partial charge in [0.15, 0.2) is 0 Å². The summed E-state index contributed by atoms with van der Waals surface area (Å²) in [5.74, 6) is 0.0346. The molecule has 0 spiro atoms. The van der Waals surface area contributed by atoms with Crippen LogP contribution in [0.1, 0.15) is 17.5 Å². The maximum absolute atomic E-state index is 10.6. The minimum Gasteiger partial charge on any atom is -0.489 e. The van der Waals surface area contributed by atoms with E-state index in [9.17, 15) is 4.79 Å². The van der Waals surface area contributed by atoms with Crippen molar-refractivity contribution in [1.82, 2.24) is 0 Å². The molecule has 0 aromatic heterocycles. The molecule has 17 heavy (non-hydrogen) atoms. The lowest BCUT2D eigenvalue weighted by molar-refractivity contribution is -0.136. The number of hydrogen-bond donors (Lipinski definition) is 2. The Bertz CT molecular complexity index is 409. The molecule has 4 nitrogen and oxygen atoms in total. The molecule has 0 bridgehead atoms. The number of aliphatic carboxylic acids is 1. The van der Waals surface area contributed by atoms with Crippen LogP contribution >= 0.6 is 12.4 Å². The summed E-state index contributed by atoms with van der Waals surface area (Å²) >= 11 is 0. The zero-order chi connectivity index (χ0) is 11.5. The maximum Gasteiger partial charge on any atom is 0.307 e. The Hall–Kier alpha value is -1.26. The third-order valence-electron chi connectivity index (χ3n) is 2.77. The summed E-state index contributed by atoms with van der Waals surface area (Å²) in [5, 5.41) is 8.70. The fourth-order valence-electron chi connectivity index (χ4n) is 1.95. The molecule has 2 rings (SSSR count). The molecule has 1 aliphatic heterocycles. The second-order valence-electron chi connectivity index (χ2n) is 4.03. The maximum atomic E-state index is 10.6. The van der Waals surface area contributed by atoms with E-state index in [4.69, 9.17) is 15.6 Å². The van der Waals surface area contributed by atoms with Crippen molar-refractivity contribution in [1.29, 1.82) is 0 Å². The average Bonchev–Trinajstić information content (AvgIpc) is 2.27. The Labute approximate surface area is 106 Å². The Morgan fingerprint density at radius 2 is 2.29 bits per heavy atom. The predicted molar refractivity (Wildman–Crippen MR) is 66.8 cm³/mol. The molecule has 0 saturated carbocycles. The summed E-state index contributed by atoms with van der Waals surface area (Å²) in [6.45, 7) is 0.524. The largest absolute Gasteiger partial charge is 0.489 e. The van der Waals surface area contributed by atoms with E-state index in [1.165, 1.54) is 0 Å². The molecule has 1 heterocycles. The fourth-order valence-corrected chi connectivity index (χ4v) is 1.95. The molecule has 0 radical (unpaired) electrons. The van der Waals surface area contributed by atoms with Crippen molar-refractivity contribution in [2.24, 2.45) is 5.73 Å². The second kappa shape index (κ2) is 5.89. The monoisotopic (exact) mass is 257 g/mol. The van der Waals surface area contributed by atoms with Crippen molar-refractivity contribution >= 4 is 18.4 Å². The van der Waals surface area contributed by atoms with Gasteiger partial charge in [-0.15, -0.1) is 12.4 Å². The highest BCUT2D eigenvalue weighted by Gasteiger charge is 2.18. The summed E-state index contributed by atoms with van der Waals surface area (Å²) in [4.78, 5) is 10.6. The third kappa shape index (κ3) is 3.35. The lowest BCUT2D eigenvalue weighted by atomic mass is 9.99. The van der Waals surface area contributed by atoms with Gasteiger partial charge in [-0.1, -0.05) is 12.1 Å². The molecular formula is C12H16ClNO3. The van der Waals surface area contributed by atoms with Gasteiger partial charge in [-0.05, 0) is 30.0 Å². The van der Waals surface area contributed by atoms with Gasteiger partial charge in [0.2, 0.25) is 0 Å². The number of carboxylic acids is 1. The molecule has 0 fully saturated rings. The minimum absolute atomic E-state index is 0. The predicted octanol–water partition coefficient (Wildman–Crippen LogP) is 1.39. The average molecular weight is 258 g/mol. The van der Waals surface area contributed by atoms with E-state index in [1.54, 1.807) is 6.07 Å². The topological polar surface area (TPSA) is 72.6 Å². The SMILES string of the molecule is Cl.NC[C@H]1CCc2cc(CC(=O)O)ccc2O1. The molecule has 0 aliphatic carbocycles. The van der Waals surface area contributed by atoms with E-state index >= 15 is 0 Å². The number of carboxylic acid groups (broad SMARTS) is 1. The number of aryl methyl sites for hydroxylation is 1. The van der Waals surface area contributed by atoms with Gasteiger partial charge < -0.3 is 15.6 Å². The lowest BCUT2D eigenvalue weighted by Crippen LogP contribution is -2.30. The molecule has 0 amide bonds. The number of benzene rings is 1. The highest BCUT2D eigenvalue weighted by molar-refractivity contribution is 5.85. The van der Waals surface area contributed by atoms with Gasteiger partial charge in [-0.25, -0.2) is 0 Å². The smallest absolute Gasteiger partial charge is 0.307 e. The molecule has 0 saturated heterocycles. The van der Waals surface area contributed by atoms with E-state index in [-0.39, 0.29) is 24.9 Å². The van der Waals surface area contributed by atoms with Gasteiger partial charge >= 0.3 is 5.97 Å². The van der Waals surface area contributed by atoms with Crippen LogP contribution in [0.4, 0.5) is 0 Å². The Balaban J connectivity index is 0.00000144. The van der Waals surface area contributed by atoms with Gasteiger partial charge in [0.25, 0.3) is 0 Å². The van der Waals surface area contributed by atoms with Crippen LogP contribution in [0.15, 0.2) is 18.2 Å². The summed E-state index contributed by atoms with van der Waals surface area (Å²) in [6.07, 6.45) is 1.97. The first-order valence-electron chi connectivity index (χ1n) is 5.39. The quantitative estimate of drug-likeness (QED) is 0.858. The third-order valence-corrected chi connectivity index (χ3v) is 2.77. The summed E-state index contributed by atoms with van der Waals surface area (Å²) in [6, 6.07) is 5.55. The first-order chi connectivity index (χ1) is 7.69. The molecule has 1 atom stereocenters. The standard InChI is InChI=1S/C12H15NO3.ClH/c13-7-10-3-2-9-5-8(6-12(14)15)1-4-11(9)16-10;/h1,4-5,10H,2-3,6-7,13H2,(H,14,15);1H/t10-;/m1./s1. The Kier molecular flexibility index (Phi) is 4.78. The molecule has 1 aromatic carbocycles. The Morgan fingerprint density at radius 3 is 2.94 bits per heavy atom. The van der Waals surface area contributed by atoms with Crippen LogP contribution in [0.2, 0.25) is 0 Å². The van der Waals surface area contributed by atoms with E-state index in [0.717, 1.165) is 29.7 Å². The molecule has 0 unspecified atom stereocenters. The van der Waals surface area contributed by atoms with Crippen molar-refractivity contribution in [3.05, 3.63) is 29.3 Å². The lowest BCUT2D eigenvalue weighted by Gasteiger charge is -2.25. The van der Waals surface area contributed by atoms with Crippen molar-refractivity contribution in [2.45, 2.75) is 25.4 Å². The molecule has 1 aliphatic rings. The van der Waals surface area contributed by atoms with Crippen LogP contribution in [0.25, 0.3) is 0 Å². The van der Waals surface area contributed by atoms with Crippen molar-refractivity contribution in [3.8, 4) is 5.75 Å². The summed E-state index contributed by atoms with van der Waals surface area (Å²) in [5.41, 5.74) is 7.46. The Morgan fingerprint density at radius 1 is 1.53 bits per heavy atom. The van der Waals surface area contributed by atoms with Crippen LogP contribution < -0.4 is 10.5 Å². The van der Waals surface area contributed by atoms with Crippen LogP contribution in [0.5, 0.6) is 5.75 Å². The molecule has 1 aromatic rings. The highest BCUT2D eigenvalue weighted by Crippen LogP contribution is 2.28. The van der Waals surface area contributed by atoms with Crippen LogP contribution in [-0.2, 0) is 17.6 Å². The zero-order valence-electron chi connectivity index (χ0n) is 9.39. The number of rotatable bonds is 3. The van der Waals surface area contributed by atoms with E-state index < -0.39 is 5.97 Å². The van der Waals surface area contributed by atoms with E-state index in [0.29, 0.717) is 6.54 Å². The van der Waals surface area contributed by atoms with Crippen molar-refractivity contribution < 1.29 is 14.6 Å². The van der Waals surface area contributed by atoms with Crippen LogP contribution in [-0.4, -0.2) is 23.7 Å². The van der Waals surface area contributed by atoms with Gasteiger partial charge in [0, 0.05) is 6.54 Å². The number of fused-ring (bicyclic) bond motifs is 1. The highest BCUT2D eigenvalue weighted by atomic mass is 35.5. The molecule has 5 heteroatoms. The van der Waals surface area contributed by atoms with Gasteiger partial charge in [0.1, 0.15) is 11.9 Å². The van der Waals surface area contributed by atoms with E-state index in [1.807, 2.05) is 12.1 Å². The normalized spacial score (nSPS) is 17.6. The molecule has 94 valence electrons.